The number of rotatable bonds is 5. The van der Waals surface area contributed by atoms with Crippen LogP contribution < -0.4 is 10.2 Å². The van der Waals surface area contributed by atoms with Crippen LogP contribution in [-0.2, 0) is 0 Å². The van der Waals surface area contributed by atoms with Gasteiger partial charge in [-0.05, 0) is 32.0 Å². The van der Waals surface area contributed by atoms with Crippen LogP contribution in [0, 0.1) is 13.8 Å². The first-order valence-electron chi connectivity index (χ1n) is 6.20. The molecule has 0 bridgehead atoms. The maximum atomic E-state index is 12.3. The van der Waals surface area contributed by atoms with Gasteiger partial charge >= 0.3 is 6.61 Å². The summed E-state index contributed by atoms with van der Waals surface area (Å²) in [5, 5.41) is 3.94. The predicted molar refractivity (Wildman–Crippen MR) is 75.8 cm³/mol. The molecule has 0 radical (unpaired) electrons. The molecule has 1 aromatic heterocycles. The molecule has 1 aromatic carbocycles. The van der Waals surface area contributed by atoms with Crippen molar-refractivity contribution in [3.8, 4) is 5.75 Å². The largest absolute Gasteiger partial charge is 0.434 e. The smallest absolute Gasteiger partial charge is 0.387 e. The Kier molecular flexibility index (Phi) is 4.76. The van der Waals surface area contributed by atoms with Gasteiger partial charge < -0.3 is 4.74 Å². The van der Waals surface area contributed by atoms with Gasteiger partial charge in [0.15, 0.2) is 0 Å². The first-order chi connectivity index (χ1) is 10.0. The highest BCUT2D eigenvalue weighted by molar-refractivity contribution is 5.83. The van der Waals surface area contributed by atoms with Crippen LogP contribution in [-0.4, -0.2) is 22.8 Å². The Hall–Kier alpha value is -2.57. The number of anilines is 1. The highest BCUT2D eigenvalue weighted by atomic mass is 19.3. The van der Waals surface area contributed by atoms with Crippen molar-refractivity contribution in [1.82, 2.24) is 9.97 Å². The van der Waals surface area contributed by atoms with Crippen molar-refractivity contribution < 1.29 is 13.5 Å². The van der Waals surface area contributed by atoms with Crippen LogP contribution >= 0.6 is 0 Å². The topological polar surface area (TPSA) is 59.4 Å². The van der Waals surface area contributed by atoms with Crippen molar-refractivity contribution in [3.63, 3.8) is 0 Å². The predicted octanol–water partition coefficient (Wildman–Crippen LogP) is 3.14. The zero-order valence-electron chi connectivity index (χ0n) is 11.5. The normalized spacial score (nSPS) is 11.1. The third-order valence-electron chi connectivity index (χ3n) is 2.49. The van der Waals surface area contributed by atoms with Crippen LogP contribution in [0.5, 0.6) is 5.75 Å². The number of hydrogen-bond acceptors (Lipinski definition) is 5. The highest BCUT2D eigenvalue weighted by Crippen LogP contribution is 2.18. The summed E-state index contributed by atoms with van der Waals surface area (Å²) in [6.45, 7) is 0.806. The van der Waals surface area contributed by atoms with E-state index in [0.29, 0.717) is 11.5 Å². The fourth-order valence-corrected chi connectivity index (χ4v) is 1.73. The zero-order chi connectivity index (χ0) is 15.2. The summed E-state index contributed by atoms with van der Waals surface area (Å²) < 4.78 is 29.0. The number of aromatic nitrogens is 2. The molecule has 0 fully saturated rings. The van der Waals surface area contributed by atoms with Gasteiger partial charge in [-0.15, -0.1) is 0 Å². The first-order valence-corrected chi connectivity index (χ1v) is 6.20. The molecular weight excluding hydrogens is 278 g/mol. The Morgan fingerprint density at radius 1 is 1.19 bits per heavy atom. The van der Waals surface area contributed by atoms with Gasteiger partial charge in [-0.3, -0.25) is 0 Å². The average molecular weight is 292 g/mol. The van der Waals surface area contributed by atoms with Gasteiger partial charge in [0.25, 0.3) is 0 Å². The summed E-state index contributed by atoms with van der Waals surface area (Å²) >= 11 is 0. The number of benzene rings is 1. The minimum absolute atomic E-state index is 0.0550. The molecule has 2 rings (SSSR count). The van der Waals surface area contributed by atoms with E-state index in [1.54, 1.807) is 18.2 Å². The van der Waals surface area contributed by atoms with Crippen LogP contribution in [0.25, 0.3) is 0 Å². The molecule has 0 unspecified atom stereocenters. The van der Waals surface area contributed by atoms with Crippen LogP contribution in [0.3, 0.4) is 0 Å². The zero-order valence-corrected chi connectivity index (χ0v) is 11.5. The number of alkyl halides is 2. The number of halogens is 2. The van der Waals surface area contributed by atoms with Gasteiger partial charge in [-0.2, -0.15) is 13.9 Å². The third-order valence-corrected chi connectivity index (χ3v) is 2.49. The molecule has 0 aliphatic heterocycles. The lowest BCUT2D eigenvalue weighted by molar-refractivity contribution is -0.0499. The lowest BCUT2D eigenvalue weighted by Gasteiger charge is -2.07. The van der Waals surface area contributed by atoms with E-state index in [2.05, 4.69) is 25.2 Å². The summed E-state index contributed by atoms with van der Waals surface area (Å²) in [6.07, 6.45) is 1.37. The number of nitrogens with one attached hydrogen (secondary N) is 1. The molecular formula is C14H14F2N4O. The van der Waals surface area contributed by atoms with Crippen molar-refractivity contribution >= 4 is 12.2 Å². The quantitative estimate of drug-likeness (QED) is 0.679. The Morgan fingerprint density at radius 2 is 1.86 bits per heavy atom. The minimum atomic E-state index is -2.88. The summed E-state index contributed by atoms with van der Waals surface area (Å²) in [6, 6.07) is 8.20. The van der Waals surface area contributed by atoms with Gasteiger partial charge in [0.05, 0.1) is 6.21 Å². The number of hydrazone groups is 1. The SMILES string of the molecule is Cc1cc(C)nc(NN=Cc2ccccc2OC(F)F)n1. The lowest BCUT2D eigenvalue weighted by Crippen LogP contribution is -2.05. The van der Waals surface area contributed by atoms with Crippen molar-refractivity contribution in [3.05, 3.63) is 47.3 Å². The van der Waals surface area contributed by atoms with Crippen LogP contribution in [0.4, 0.5) is 14.7 Å². The molecule has 0 aliphatic carbocycles. The van der Waals surface area contributed by atoms with Crippen LogP contribution in [0.1, 0.15) is 17.0 Å². The van der Waals surface area contributed by atoms with E-state index >= 15 is 0 Å². The van der Waals surface area contributed by atoms with E-state index in [1.807, 2.05) is 19.9 Å². The van der Waals surface area contributed by atoms with Crippen LogP contribution in [0.2, 0.25) is 0 Å². The lowest BCUT2D eigenvalue weighted by atomic mass is 10.2. The second-order valence-corrected chi connectivity index (χ2v) is 4.26. The molecule has 0 atom stereocenters. The molecule has 0 spiro atoms. The Balaban J connectivity index is 2.11. The van der Waals surface area contributed by atoms with E-state index < -0.39 is 6.61 Å². The standard InChI is InChI=1S/C14H14F2N4O/c1-9-7-10(2)19-14(18-9)20-17-8-11-5-3-4-6-12(11)21-13(15)16/h3-8,13H,1-2H3,(H,18,19,20). The van der Waals surface area contributed by atoms with Crippen molar-refractivity contribution in [1.29, 1.82) is 0 Å². The summed E-state index contributed by atoms with van der Waals surface area (Å²) in [5.41, 5.74) is 4.70. The fraction of sp³-hybridized carbons (Fsp3) is 0.214. The third kappa shape index (κ3) is 4.48. The van der Waals surface area contributed by atoms with Crippen molar-refractivity contribution in [2.24, 2.45) is 5.10 Å². The van der Waals surface area contributed by atoms with E-state index in [4.69, 9.17) is 0 Å². The first kappa shape index (κ1) is 14.8. The molecule has 21 heavy (non-hydrogen) atoms. The summed E-state index contributed by atoms with van der Waals surface area (Å²) in [4.78, 5) is 8.30. The molecule has 5 nitrogen and oxygen atoms in total. The number of ether oxygens (including phenoxy) is 1. The molecule has 2 aromatic rings. The van der Waals surface area contributed by atoms with Gasteiger partial charge in [0, 0.05) is 17.0 Å². The van der Waals surface area contributed by atoms with Gasteiger partial charge in [0.2, 0.25) is 5.95 Å². The number of aryl methyl sites for hydroxylation is 2. The molecule has 0 aliphatic rings. The molecule has 110 valence electrons. The Morgan fingerprint density at radius 3 is 2.52 bits per heavy atom. The molecule has 1 N–H and O–H groups in total. The molecule has 7 heteroatoms. The van der Waals surface area contributed by atoms with Crippen molar-refractivity contribution in [2.45, 2.75) is 20.5 Å². The highest BCUT2D eigenvalue weighted by Gasteiger charge is 2.07. The van der Waals surface area contributed by atoms with Crippen molar-refractivity contribution in [2.75, 3.05) is 5.43 Å². The summed E-state index contributed by atoms with van der Waals surface area (Å²) in [7, 11) is 0. The number of para-hydroxylation sites is 1. The number of nitrogens with zero attached hydrogens (tertiary/aromatic N) is 3. The van der Waals surface area contributed by atoms with E-state index in [-0.39, 0.29) is 5.75 Å². The van der Waals surface area contributed by atoms with Gasteiger partial charge in [-0.1, -0.05) is 12.1 Å². The Labute approximate surface area is 120 Å². The molecule has 0 amide bonds. The average Bonchev–Trinajstić information content (AvgIpc) is 2.39. The minimum Gasteiger partial charge on any atom is -0.434 e. The molecule has 0 saturated heterocycles. The summed E-state index contributed by atoms with van der Waals surface area (Å²) in [5.74, 6) is 0.399. The van der Waals surface area contributed by atoms with Crippen LogP contribution in [0.15, 0.2) is 35.4 Å². The van der Waals surface area contributed by atoms with Gasteiger partial charge in [0.1, 0.15) is 5.75 Å². The molecule has 1 heterocycles. The Bertz CT molecular complexity index is 626. The molecule has 0 saturated carbocycles. The number of hydrogen-bond donors (Lipinski definition) is 1. The fourth-order valence-electron chi connectivity index (χ4n) is 1.73. The van der Waals surface area contributed by atoms with E-state index in [1.165, 1.54) is 12.3 Å². The second kappa shape index (κ2) is 6.74. The van der Waals surface area contributed by atoms with E-state index in [9.17, 15) is 8.78 Å². The van der Waals surface area contributed by atoms with E-state index in [0.717, 1.165) is 11.4 Å². The van der Waals surface area contributed by atoms with Gasteiger partial charge in [-0.25, -0.2) is 15.4 Å². The second-order valence-electron chi connectivity index (χ2n) is 4.26. The maximum Gasteiger partial charge on any atom is 0.387 e. The monoisotopic (exact) mass is 292 g/mol. The maximum absolute atomic E-state index is 12.3.